The minimum absolute atomic E-state index is 0.0119. The summed E-state index contributed by atoms with van der Waals surface area (Å²) in [5.74, 6) is -0.228. The second-order valence-electron chi connectivity index (χ2n) is 11.3. The predicted octanol–water partition coefficient (Wildman–Crippen LogP) is 8.35. The first-order valence-corrected chi connectivity index (χ1v) is 15.5. The summed E-state index contributed by atoms with van der Waals surface area (Å²) in [4.78, 5) is 24.6. The molecule has 1 fully saturated rings. The Morgan fingerprint density at radius 1 is 1.00 bits per heavy atom. The van der Waals surface area contributed by atoms with Crippen molar-refractivity contribution in [2.45, 2.75) is 41.9 Å². The van der Waals surface area contributed by atoms with Crippen LogP contribution in [0.15, 0.2) is 94.9 Å². The lowest BCUT2D eigenvalue weighted by Crippen LogP contribution is -2.46. The first kappa shape index (κ1) is 28.7. The van der Waals surface area contributed by atoms with Gasteiger partial charge in [0.05, 0.1) is 0 Å². The van der Waals surface area contributed by atoms with E-state index in [0.29, 0.717) is 12.1 Å². The van der Waals surface area contributed by atoms with E-state index in [1.54, 1.807) is 36.2 Å². The van der Waals surface area contributed by atoms with E-state index < -0.39 is 0 Å². The van der Waals surface area contributed by atoms with Crippen molar-refractivity contribution in [3.63, 3.8) is 0 Å². The highest BCUT2D eigenvalue weighted by molar-refractivity contribution is 7.99. The average Bonchev–Trinajstić information content (AvgIpc) is 3.29. The summed E-state index contributed by atoms with van der Waals surface area (Å²) >= 11 is 8.05. The molecule has 4 aromatic rings. The van der Waals surface area contributed by atoms with Crippen LogP contribution < -0.4 is 4.90 Å². The number of fused-ring (bicyclic) bond motifs is 2. The number of rotatable bonds is 6. The first-order valence-electron chi connectivity index (χ1n) is 14.3. The highest BCUT2D eigenvalue weighted by atomic mass is 35.5. The third-order valence-corrected chi connectivity index (χ3v) is 9.68. The fraction of sp³-hybridized carbons (Fsp3) is 0.257. The zero-order valence-electron chi connectivity index (χ0n) is 23.8. The normalized spacial score (nSPS) is 16.3. The van der Waals surface area contributed by atoms with Gasteiger partial charge < -0.3 is 4.90 Å². The molecule has 0 aliphatic carbocycles. The molecular formula is C35H33ClFN3OS. The zero-order valence-corrected chi connectivity index (χ0v) is 25.4. The van der Waals surface area contributed by atoms with Crippen molar-refractivity contribution in [2.24, 2.45) is 0 Å². The van der Waals surface area contributed by atoms with Crippen molar-refractivity contribution in [3.05, 3.63) is 124 Å². The maximum absolute atomic E-state index is 13.8. The molecule has 0 unspecified atom stereocenters. The van der Waals surface area contributed by atoms with Crippen molar-refractivity contribution < 1.29 is 9.18 Å². The summed E-state index contributed by atoms with van der Waals surface area (Å²) in [6.07, 6.45) is 7.92. The number of likely N-dealkylation sites (tertiary alicyclic amines) is 1. The Labute approximate surface area is 256 Å². The van der Waals surface area contributed by atoms with Gasteiger partial charge in [-0.25, -0.2) is 4.39 Å². The van der Waals surface area contributed by atoms with E-state index in [0.717, 1.165) is 69.8 Å². The van der Waals surface area contributed by atoms with Gasteiger partial charge in [-0.3, -0.25) is 14.7 Å². The molecule has 1 amide bonds. The summed E-state index contributed by atoms with van der Waals surface area (Å²) in [5.41, 5.74) is 5.78. The largest absolute Gasteiger partial charge is 0.307 e. The van der Waals surface area contributed by atoms with Crippen LogP contribution in [0.5, 0.6) is 0 Å². The van der Waals surface area contributed by atoms with Crippen LogP contribution in [-0.2, 0) is 5.41 Å². The standard InChI is InChI=1S/C35H33ClFN3OS/c1-24-5-6-26(32(36)20-24)4-3-17-39-18-14-35(15-19-39)23-40(34(41)27-13-16-38-25(2)21-27)33-12-11-30(22-31(33)35)42-29-9-7-28(37)8-10-29/h3-13,16,20-22H,14-15,17-19,23H2,1-2H3/b4-3+. The lowest BCUT2D eigenvalue weighted by atomic mass is 9.74. The van der Waals surface area contributed by atoms with Crippen molar-refractivity contribution in [3.8, 4) is 0 Å². The molecule has 2 aliphatic heterocycles. The second-order valence-corrected chi connectivity index (χ2v) is 12.9. The molecule has 4 nitrogen and oxygen atoms in total. The van der Waals surface area contributed by atoms with Crippen LogP contribution in [0.3, 0.4) is 0 Å². The number of hydrogen-bond donors (Lipinski definition) is 0. The molecule has 42 heavy (non-hydrogen) atoms. The van der Waals surface area contributed by atoms with Gasteiger partial charge in [0.25, 0.3) is 5.91 Å². The van der Waals surface area contributed by atoms with Gasteiger partial charge in [-0.1, -0.05) is 47.6 Å². The van der Waals surface area contributed by atoms with E-state index in [9.17, 15) is 9.18 Å². The molecule has 1 aromatic heterocycles. The molecule has 6 rings (SSSR count). The highest BCUT2D eigenvalue weighted by Gasteiger charge is 2.46. The molecule has 7 heteroatoms. The van der Waals surface area contributed by atoms with Crippen LogP contribution in [0.25, 0.3) is 6.08 Å². The van der Waals surface area contributed by atoms with Crippen LogP contribution in [0.4, 0.5) is 10.1 Å². The molecule has 0 atom stereocenters. The number of amides is 1. The quantitative estimate of drug-likeness (QED) is 0.224. The first-order chi connectivity index (χ1) is 20.3. The van der Waals surface area contributed by atoms with Gasteiger partial charge in [-0.15, -0.1) is 0 Å². The van der Waals surface area contributed by atoms with E-state index in [1.165, 1.54) is 17.7 Å². The summed E-state index contributed by atoms with van der Waals surface area (Å²) in [5, 5.41) is 0.773. The predicted molar refractivity (Wildman–Crippen MR) is 170 cm³/mol. The van der Waals surface area contributed by atoms with Gasteiger partial charge in [0.2, 0.25) is 0 Å². The van der Waals surface area contributed by atoms with Gasteiger partial charge >= 0.3 is 0 Å². The summed E-state index contributed by atoms with van der Waals surface area (Å²) < 4.78 is 13.5. The molecular weight excluding hydrogens is 565 g/mol. The van der Waals surface area contributed by atoms with Crippen molar-refractivity contribution >= 4 is 41.0 Å². The number of carbonyl (C=O) groups excluding carboxylic acids is 1. The van der Waals surface area contributed by atoms with Crippen LogP contribution in [0.1, 0.15) is 45.6 Å². The van der Waals surface area contributed by atoms with Crippen molar-refractivity contribution in [1.82, 2.24) is 9.88 Å². The number of piperidine rings is 1. The van der Waals surface area contributed by atoms with Gasteiger partial charge in [0, 0.05) is 56.5 Å². The Kier molecular flexibility index (Phi) is 8.22. The van der Waals surface area contributed by atoms with Gasteiger partial charge in [-0.2, -0.15) is 0 Å². The number of carbonyl (C=O) groups is 1. The fourth-order valence-corrected chi connectivity index (χ4v) is 7.21. The summed E-state index contributed by atoms with van der Waals surface area (Å²) in [6.45, 7) is 7.35. The van der Waals surface area contributed by atoms with Crippen LogP contribution >= 0.6 is 23.4 Å². The number of aryl methyl sites for hydroxylation is 2. The van der Waals surface area contributed by atoms with Crippen LogP contribution in [-0.4, -0.2) is 42.0 Å². The average molecular weight is 598 g/mol. The lowest BCUT2D eigenvalue weighted by molar-refractivity contribution is 0.0977. The Hall–Kier alpha value is -3.45. The van der Waals surface area contributed by atoms with Gasteiger partial charge in [-0.05, 0) is 117 Å². The molecule has 0 saturated carbocycles. The number of benzene rings is 3. The summed E-state index contributed by atoms with van der Waals surface area (Å²) in [6, 6.07) is 22.8. The van der Waals surface area contributed by atoms with Gasteiger partial charge in [0.15, 0.2) is 0 Å². The number of halogens is 2. The molecule has 0 radical (unpaired) electrons. The third kappa shape index (κ3) is 6.03. The van der Waals surface area contributed by atoms with Crippen LogP contribution in [0.2, 0.25) is 5.02 Å². The van der Waals surface area contributed by atoms with E-state index in [1.807, 2.05) is 30.9 Å². The van der Waals surface area contributed by atoms with E-state index in [4.69, 9.17) is 11.6 Å². The Bertz CT molecular complexity index is 1650. The van der Waals surface area contributed by atoms with Crippen LogP contribution in [0, 0.1) is 19.7 Å². The Morgan fingerprint density at radius 2 is 1.76 bits per heavy atom. The number of pyridine rings is 1. The number of aromatic nitrogens is 1. The molecule has 1 spiro atoms. The smallest absolute Gasteiger partial charge is 0.258 e. The Balaban J connectivity index is 1.24. The SMILES string of the molecule is Cc1ccc(/C=C/CN2CCC3(CC2)CN(C(=O)c2ccnc(C)c2)c2ccc(Sc4ccc(F)cc4)cc23)c(Cl)c1. The van der Waals surface area contributed by atoms with E-state index >= 15 is 0 Å². The van der Waals surface area contributed by atoms with Crippen molar-refractivity contribution in [2.75, 3.05) is 31.1 Å². The second kappa shape index (κ2) is 12.0. The topological polar surface area (TPSA) is 36.4 Å². The highest BCUT2D eigenvalue weighted by Crippen LogP contribution is 2.49. The number of nitrogens with zero attached hydrogens (tertiary/aromatic N) is 3. The van der Waals surface area contributed by atoms with E-state index in [-0.39, 0.29) is 17.1 Å². The molecule has 2 aliphatic rings. The molecule has 0 bridgehead atoms. The fourth-order valence-electron chi connectivity index (χ4n) is 6.05. The molecule has 1 saturated heterocycles. The van der Waals surface area contributed by atoms with E-state index in [2.05, 4.69) is 52.4 Å². The summed E-state index contributed by atoms with van der Waals surface area (Å²) in [7, 11) is 0. The monoisotopic (exact) mass is 597 g/mol. The molecule has 3 heterocycles. The maximum atomic E-state index is 13.8. The van der Waals surface area contributed by atoms with Gasteiger partial charge in [0.1, 0.15) is 5.82 Å². The molecule has 214 valence electrons. The molecule has 3 aromatic carbocycles. The minimum atomic E-state index is -0.240. The third-order valence-electron chi connectivity index (χ3n) is 8.36. The Morgan fingerprint density at radius 3 is 2.50 bits per heavy atom. The zero-order chi connectivity index (χ0) is 29.3. The number of anilines is 1. The van der Waals surface area contributed by atoms with Crippen molar-refractivity contribution in [1.29, 1.82) is 0 Å². The number of hydrogen-bond acceptors (Lipinski definition) is 4. The lowest BCUT2D eigenvalue weighted by Gasteiger charge is -2.39. The maximum Gasteiger partial charge on any atom is 0.258 e. The molecule has 0 N–H and O–H groups in total. The minimum Gasteiger partial charge on any atom is -0.307 e.